The quantitative estimate of drug-likeness (QED) is 0.793. The SMILES string of the molecule is Cc1nc(CN2CCC(N3CCCC(C(=O)NCc4ccccn4)C3)CC2)no1. The highest BCUT2D eigenvalue weighted by Crippen LogP contribution is 2.24. The lowest BCUT2D eigenvalue weighted by Crippen LogP contribution is -2.50. The van der Waals surface area contributed by atoms with Gasteiger partial charge in [0.05, 0.1) is 24.7 Å². The lowest BCUT2D eigenvalue weighted by atomic mass is 9.93. The normalized spacial score (nSPS) is 21.9. The number of pyridine rings is 1. The van der Waals surface area contributed by atoms with Gasteiger partial charge >= 0.3 is 0 Å². The Labute approximate surface area is 171 Å². The van der Waals surface area contributed by atoms with Crippen molar-refractivity contribution >= 4 is 5.91 Å². The maximum Gasteiger partial charge on any atom is 0.224 e. The van der Waals surface area contributed by atoms with Crippen LogP contribution in [0.3, 0.4) is 0 Å². The number of aromatic nitrogens is 3. The molecule has 1 amide bonds. The minimum Gasteiger partial charge on any atom is -0.350 e. The van der Waals surface area contributed by atoms with Crippen LogP contribution in [0, 0.1) is 12.8 Å². The summed E-state index contributed by atoms with van der Waals surface area (Å²) in [7, 11) is 0. The van der Waals surface area contributed by atoms with Gasteiger partial charge in [-0.3, -0.25) is 19.6 Å². The van der Waals surface area contributed by atoms with Crippen molar-refractivity contribution in [3.63, 3.8) is 0 Å². The van der Waals surface area contributed by atoms with Gasteiger partial charge in [0.2, 0.25) is 11.8 Å². The van der Waals surface area contributed by atoms with Gasteiger partial charge in [-0.05, 0) is 44.4 Å². The molecule has 0 bridgehead atoms. The van der Waals surface area contributed by atoms with Crippen molar-refractivity contribution in [2.75, 3.05) is 26.2 Å². The molecule has 2 aromatic heterocycles. The van der Waals surface area contributed by atoms with Gasteiger partial charge in [0.1, 0.15) is 0 Å². The van der Waals surface area contributed by atoms with Gasteiger partial charge < -0.3 is 9.84 Å². The molecule has 1 atom stereocenters. The van der Waals surface area contributed by atoms with E-state index >= 15 is 0 Å². The van der Waals surface area contributed by atoms with E-state index < -0.39 is 0 Å². The zero-order valence-electron chi connectivity index (χ0n) is 17.1. The first-order valence-corrected chi connectivity index (χ1v) is 10.6. The van der Waals surface area contributed by atoms with Crippen molar-refractivity contribution in [2.24, 2.45) is 5.92 Å². The predicted molar refractivity (Wildman–Crippen MR) is 108 cm³/mol. The minimum absolute atomic E-state index is 0.0767. The number of nitrogens with zero attached hydrogens (tertiary/aromatic N) is 5. The van der Waals surface area contributed by atoms with Crippen LogP contribution in [-0.4, -0.2) is 63.1 Å². The Kier molecular flexibility index (Phi) is 6.51. The van der Waals surface area contributed by atoms with E-state index in [1.165, 1.54) is 0 Å². The number of nitrogens with one attached hydrogen (secondary N) is 1. The summed E-state index contributed by atoms with van der Waals surface area (Å²) in [6.45, 7) is 7.10. The fraction of sp³-hybridized carbons (Fsp3) is 0.619. The number of piperidine rings is 2. The third-order valence-electron chi connectivity index (χ3n) is 6.00. The molecule has 8 nitrogen and oxygen atoms in total. The Hall–Kier alpha value is -2.32. The van der Waals surface area contributed by atoms with E-state index in [2.05, 4.69) is 30.2 Å². The number of carbonyl (C=O) groups is 1. The molecule has 29 heavy (non-hydrogen) atoms. The second-order valence-electron chi connectivity index (χ2n) is 8.11. The van der Waals surface area contributed by atoms with E-state index in [0.29, 0.717) is 18.5 Å². The second kappa shape index (κ2) is 9.45. The van der Waals surface area contributed by atoms with Crippen molar-refractivity contribution in [1.82, 2.24) is 30.2 Å². The molecule has 2 aromatic rings. The van der Waals surface area contributed by atoms with Crippen LogP contribution in [0.4, 0.5) is 0 Å². The van der Waals surface area contributed by atoms with Crippen LogP contribution >= 0.6 is 0 Å². The third-order valence-corrected chi connectivity index (χ3v) is 6.00. The summed E-state index contributed by atoms with van der Waals surface area (Å²) < 4.78 is 5.07. The van der Waals surface area contributed by atoms with Crippen molar-refractivity contribution in [3.8, 4) is 0 Å². The molecule has 1 N–H and O–H groups in total. The molecule has 0 saturated carbocycles. The summed E-state index contributed by atoms with van der Waals surface area (Å²) in [6, 6.07) is 6.34. The third kappa shape index (κ3) is 5.39. The van der Waals surface area contributed by atoms with E-state index in [1.807, 2.05) is 25.1 Å². The Morgan fingerprint density at radius 2 is 2.10 bits per heavy atom. The maximum atomic E-state index is 12.7. The number of aryl methyl sites for hydroxylation is 1. The lowest BCUT2D eigenvalue weighted by Gasteiger charge is -2.41. The lowest BCUT2D eigenvalue weighted by molar-refractivity contribution is -0.127. The van der Waals surface area contributed by atoms with Crippen LogP contribution in [0.25, 0.3) is 0 Å². The fourth-order valence-electron chi connectivity index (χ4n) is 4.42. The molecule has 0 radical (unpaired) electrons. The Balaban J connectivity index is 1.23. The molecule has 2 aliphatic heterocycles. The Morgan fingerprint density at radius 3 is 2.83 bits per heavy atom. The molecule has 4 heterocycles. The second-order valence-corrected chi connectivity index (χ2v) is 8.11. The molecule has 1 unspecified atom stereocenters. The monoisotopic (exact) mass is 398 g/mol. The number of carbonyl (C=O) groups excluding carboxylic acids is 1. The zero-order chi connectivity index (χ0) is 20.1. The van der Waals surface area contributed by atoms with Gasteiger partial charge in [-0.2, -0.15) is 4.98 Å². The molecule has 0 aliphatic carbocycles. The highest BCUT2D eigenvalue weighted by molar-refractivity contribution is 5.78. The number of rotatable bonds is 6. The molecular weight excluding hydrogens is 368 g/mol. The van der Waals surface area contributed by atoms with Crippen molar-refractivity contribution in [2.45, 2.75) is 51.7 Å². The van der Waals surface area contributed by atoms with E-state index in [4.69, 9.17) is 4.52 Å². The highest BCUT2D eigenvalue weighted by atomic mass is 16.5. The number of hydrogen-bond donors (Lipinski definition) is 1. The van der Waals surface area contributed by atoms with Gasteiger partial charge in [0, 0.05) is 38.8 Å². The summed E-state index contributed by atoms with van der Waals surface area (Å²) in [5, 5.41) is 7.07. The summed E-state index contributed by atoms with van der Waals surface area (Å²) in [6.07, 6.45) is 6.07. The largest absolute Gasteiger partial charge is 0.350 e. The zero-order valence-corrected chi connectivity index (χ0v) is 17.1. The van der Waals surface area contributed by atoms with E-state index in [9.17, 15) is 4.79 Å². The van der Waals surface area contributed by atoms with Gasteiger partial charge in [-0.25, -0.2) is 0 Å². The van der Waals surface area contributed by atoms with Crippen LogP contribution in [0.2, 0.25) is 0 Å². The van der Waals surface area contributed by atoms with Crippen LogP contribution in [0.1, 0.15) is 43.1 Å². The van der Waals surface area contributed by atoms with Gasteiger partial charge in [-0.15, -0.1) is 0 Å². The topological polar surface area (TPSA) is 87.4 Å². The predicted octanol–water partition coefficient (Wildman–Crippen LogP) is 1.77. The van der Waals surface area contributed by atoms with Crippen LogP contribution in [0.5, 0.6) is 0 Å². The fourth-order valence-corrected chi connectivity index (χ4v) is 4.42. The van der Waals surface area contributed by atoms with Crippen molar-refractivity contribution in [1.29, 1.82) is 0 Å². The van der Waals surface area contributed by atoms with Crippen molar-refractivity contribution in [3.05, 3.63) is 41.8 Å². The van der Waals surface area contributed by atoms with Crippen molar-refractivity contribution < 1.29 is 9.32 Å². The summed E-state index contributed by atoms with van der Waals surface area (Å²) in [4.78, 5) is 26.2. The Bertz CT molecular complexity index is 787. The highest BCUT2D eigenvalue weighted by Gasteiger charge is 2.31. The first-order valence-electron chi connectivity index (χ1n) is 10.6. The van der Waals surface area contributed by atoms with Gasteiger partial charge in [0.15, 0.2) is 5.82 Å². The molecule has 0 spiro atoms. The van der Waals surface area contributed by atoms with Gasteiger partial charge in [-0.1, -0.05) is 11.2 Å². The number of likely N-dealkylation sites (tertiary alicyclic amines) is 2. The average molecular weight is 399 g/mol. The maximum absolute atomic E-state index is 12.7. The summed E-state index contributed by atoms with van der Waals surface area (Å²) in [5.41, 5.74) is 0.901. The number of hydrogen-bond acceptors (Lipinski definition) is 7. The number of amides is 1. The molecule has 2 fully saturated rings. The molecule has 156 valence electrons. The molecule has 2 saturated heterocycles. The first kappa shape index (κ1) is 20.0. The summed E-state index contributed by atoms with van der Waals surface area (Å²) in [5.74, 6) is 1.62. The van der Waals surface area contributed by atoms with E-state index in [1.54, 1.807) is 6.20 Å². The van der Waals surface area contributed by atoms with Crippen LogP contribution in [-0.2, 0) is 17.9 Å². The van der Waals surface area contributed by atoms with Crippen LogP contribution < -0.4 is 5.32 Å². The minimum atomic E-state index is 0.0767. The molecule has 2 aliphatic rings. The summed E-state index contributed by atoms with van der Waals surface area (Å²) >= 11 is 0. The van der Waals surface area contributed by atoms with E-state index in [0.717, 1.165) is 69.9 Å². The Morgan fingerprint density at radius 1 is 1.24 bits per heavy atom. The standard InChI is InChI=1S/C21H30N6O2/c1-16-24-20(25-29-16)15-26-11-7-19(8-12-26)27-10-4-5-17(14-27)21(28)23-13-18-6-2-3-9-22-18/h2-3,6,9,17,19H,4-5,7-8,10-15H2,1H3,(H,23,28). The molecule has 0 aromatic carbocycles. The first-order chi connectivity index (χ1) is 14.2. The average Bonchev–Trinajstić information content (AvgIpc) is 3.18. The smallest absolute Gasteiger partial charge is 0.224 e. The molecule has 8 heteroatoms. The van der Waals surface area contributed by atoms with Crippen LogP contribution in [0.15, 0.2) is 28.9 Å². The van der Waals surface area contributed by atoms with E-state index in [-0.39, 0.29) is 11.8 Å². The molecular formula is C21H30N6O2. The van der Waals surface area contributed by atoms with Gasteiger partial charge in [0.25, 0.3) is 0 Å². The molecule has 4 rings (SSSR count).